The Morgan fingerprint density at radius 2 is 2.32 bits per heavy atom. The van der Waals surface area contributed by atoms with Crippen LogP contribution in [-0.4, -0.2) is 31.3 Å². The molecule has 3 nitrogen and oxygen atoms in total. The van der Waals surface area contributed by atoms with Gasteiger partial charge in [0.25, 0.3) is 0 Å². The largest absolute Gasteiger partial charge is 0.396 e. The number of hydrogen-bond donors (Lipinski definition) is 2. The van der Waals surface area contributed by atoms with Gasteiger partial charge in [-0.2, -0.15) is 0 Å². The maximum Gasteiger partial charge on any atom is 0.0476 e. The van der Waals surface area contributed by atoms with E-state index in [1.807, 2.05) is 0 Å². The first-order valence-corrected chi connectivity index (χ1v) is 7.88. The molecule has 0 bridgehead atoms. The lowest BCUT2D eigenvalue weighted by Gasteiger charge is -2.22. The summed E-state index contributed by atoms with van der Waals surface area (Å²) in [5.41, 5.74) is 2.64. The van der Waals surface area contributed by atoms with Gasteiger partial charge in [0.05, 0.1) is 0 Å². The van der Waals surface area contributed by atoms with Crippen molar-refractivity contribution in [1.82, 2.24) is 5.32 Å². The second-order valence-corrected chi connectivity index (χ2v) is 6.15. The number of nitrogens with zero attached hydrogens (tertiary/aromatic N) is 1. The summed E-state index contributed by atoms with van der Waals surface area (Å²) >= 11 is 3.56. The second kappa shape index (κ2) is 7.27. The molecule has 1 saturated heterocycles. The third-order valence-electron chi connectivity index (χ3n) is 3.67. The van der Waals surface area contributed by atoms with Gasteiger partial charge in [0, 0.05) is 42.3 Å². The minimum absolute atomic E-state index is 0.300. The highest BCUT2D eigenvalue weighted by Gasteiger charge is 2.23. The molecule has 1 aliphatic rings. The average Bonchev–Trinajstić information content (AvgIpc) is 2.89. The minimum Gasteiger partial charge on any atom is -0.396 e. The van der Waals surface area contributed by atoms with Crippen molar-refractivity contribution in [2.24, 2.45) is 5.92 Å². The number of anilines is 1. The molecule has 0 spiro atoms. The van der Waals surface area contributed by atoms with Crippen LogP contribution in [0.4, 0.5) is 5.69 Å². The van der Waals surface area contributed by atoms with E-state index in [0.29, 0.717) is 12.5 Å². The molecule has 19 heavy (non-hydrogen) atoms. The summed E-state index contributed by atoms with van der Waals surface area (Å²) in [5.74, 6) is 0.426. The molecule has 2 rings (SSSR count). The predicted molar refractivity (Wildman–Crippen MR) is 83.5 cm³/mol. The first-order valence-electron chi connectivity index (χ1n) is 7.09. The van der Waals surface area contributed by atoms with Crippen LogP contribution in [0.3, 0.4) is 0 Å². The molecule has 1 unspecified atom stereocenters. The van der Waals surface area contributed by atoms with E-state index in [9.17, 15) is 5.11 Å². The van der Waals surface area contributed by atoms with Crippen LogP contribution < -0.4 is 10.2 Å². The van der Waals surface area contributed by atoms with Crippen LogP contribution in [0.15, 0.2) is 22.7 Å². The third kappa shape index (κ3) is 3.94. The molecule has 4 heteroatoms. The Kier molecular flexibility index (Phi) is 5.67. The molecule has 0 radical (unpaired) electrons. The number of aliphatic hydroxyl groups is 1. The van der Waals surface area contributed by atoms with E-state index in [2.05, 4.69) is 51.3 Å². The minimum atomic E-state index is 0.300. The molecule has 1 aromatic rings. The van der Waals surface area contributed by atoms with E-state index in [0.717, 1.165) is 43.5 Å². The summed E-state index contributed by atoms with van der Waals surface area (Å²) in [4.78, 5) is 2.40. The van der Waals surface area contributed by atoms with E-state index in [1.54, 1.807) is 0 Å². The van der Waals surface area contributed by atoms with Crippen molar-refractivity contribution >= 4 is 21.6 Å². The van der Waals surface area contributed by atoms with Crippen molar-refractivity contribution in [2.75, 3.05) is 31.1 Å². The SMILES string of the molecule is CCCNCc1ccc(Br)cc1N1CCC(CO)C1. The van der Waals surface area contributed by atoms with Crippen LogP contribution in [0.5, 0.6) is 0 Å². The molecular weight excluding hydrogens is 304 g/mol. The van der Waals surface area contributed by atoms with Gasteiger partial charge in [0.2, 0.25) is 0 Å². The van der Waals surface area contributed by atoms with E-state index in [4.69, 9.17) is 0 Å². The highest BCUT2D eigenvalue weighted by atomic mass is 79.9. The smallest absolute Gasteiger partial charge is 0.0476 e. The molecule has 1 heterocycles. The number of halogens is 1. The molecule has 0 saturated carbocycles. The Bertz CT molecular complexity index is 411. The summed E-state index contributed by atoms with van der Waals surface area (Å²) < 4.78 is 1.12. The van der Waals surface area contributed by atoms with Crippen LogP contribution in [0, 0.1) is 5.92 Å². The van der Waals surface area contributed by atoms with Crippen molar-refractivity contribution in [2.45, 2.75) is 26.3 Å². The molecule has 106 valence electrons. The molecule has 1 atom stereocenters. The van der Waals surface area contributed by atoms with Gasteiger partial charge in [-0.25, -0.2) is 0 Å². The molecule has 0 aliphatic carbocycles. The number of benzene rings is 1. The zero-order valence-corrected chi connectivity index (χ0v) is 13.1. The van der Waals surface area contributed by atoms with E-state index < -0.39 is 0 Å². The van der Waals surface area contributed by atoms with Gasteiger partial charge in [-0.1, -0.05) is 28.9 Å². The van der Waals surface area contributed by atoms with Crippen molar-refractivity contribution in [3.05, 3.63) is 28.2 Å². The number of rotatable bonds is 6. The van der Waals surface area contributed by atoms with Gasteiger partial charge < -0.3 is 15.3 Å². The number of aliphatic hydroxyl groups excluding tert-OH is 1. The molecule has 1 aromatic carbocycles. The van der Waals surface area contributed by atoms with E-state index in [-0.39, 0.29) is 0 Å². The second-order valence-electron chi connectivity index (χ2n) is 5.23. The van der Waals surface area contributed by atoms with E-state index >= 15 is 0 Å². The fourth-order valence-electron chi connectivity index (χ4n) is 2.58. The maximum atomic E-state index is 9.28. The Hall–Kier alpha value is -0.580. The summed E-state index contributed by atoms with van der Waals surface area (Å²) in [6.07, 6.45) is 2.24. The molecule has 0 aromatic heterocycles. The van der Waals surface area contributed by atoms with Crippen LogP contribution in [0.2, 0.25) is 0 Å². The average molecular weight is 327 g/mol. The molecular formula is C15H23BrN2O. The van der Waals surface area contributed by atoms with Gasteiger partial charge in [-0.3, -0.25) is 0 Å². The Morgan fingerprint density at radius 3 is 3.00 bits per heavy atom. The Morgan fingerprint density at radius 1 is 1.47 bits per heavy atom. The highest BCUT2D eigenvalue weighted by Crippen LogP contribution is 2.29. The Balaban J connectivity index is 2.11. The van der Waals surface area contributed by atoms with Crippen LogP contribution in [-0.2, 0) is 6.54 Å². The summed E-state index contributed by atoms with van der Waals surface area (Å²) in [5, 5.41) is 12.7. The molecule has 1 fully saturated rings. The van der Waals surface area contributed by atoms with Crippen molar-refractivity contribution < 1.29 is 5.11 Å². The highest BCUT2D eigenvalue weighted by molar-refractivity contribution is 9.10. The molecule has 1 aliphatic heterocycles. The van der Waals surface area contributed by atoms with Crippen molar-refractivity contribution in [1.29, 1.82) is 0 Å². The van der Waals surface area contributed by atoms with Gasteiger partial charge in [0.15, 0.2) is 0 Å². The van der Waals surface area contributed by atoms with Crippen LogP contribution in [0.1, 0.15) is 25.3 Å². The predicted octanol–water partition coefficient (Wildman–Crippen LogP) is 2.77. The third-order valence-corrected chi connectivity index (χ3v) is 4.17. The first-order chi connectivity index (χ1) is 9.24. The van der Waals surface area contributed by atoms with Gasteiger partial charge >= 0.3 is 0 Å². The standard InChI is InChI=1S/C15H23BrN2O/c1-2-6-17-9-13-3-4-14(16)8-15(13)18-7-5-12(10-18)11-19/h3-4,8,12,17,19H,2,5-7,9-11H2,1H3. The molecule has 2 N–H and O–H groups in total. The lowest BCUT2D eigenvalue weighted by atomic mass is 10.1. The topological polar surface area (TPSA) is 35.5 Å². The van der Waals surface area contributed by atoms with Crippen molar-refractivity contribution in [3.63, 3.8) is 0 Å². The van der Waals surface area contributed by atoms with Crippen molar-refractivity contribution in [3.8, 4) is 0 Å². The number of hydrogen-bond acceptors (Lipinski definition) is 3. The van der Waals surface area contributed by atoms with Gasteiger partial charge in [0.1, 0.15) is 0 Å². The van der Waals surface area contributed by atoms with Crippen LogP contribution in [0.25, 0.3) is 0 Å². The summed E-state index contributed by atoms with van der Waals surface area (Å²) in [6, 6.07) is 6.49. The first kappa shape index (κ1) is 14.8. The fraction of sp³-hybridized carbons (Fsp3) is 0.600. The Labute approximate surface area is 124 Å². The lowest BCUT2D eigenvalue weighted by Crippen LogP contribution is -2.23. The monoisotopic (exact) mass is 326 g/mol. The zero-order valence-electron chi connectivity index (χ0n) is 11.5. The van der Waals surface area contributed by atoms with Gasteiger partial charge in [-0.05, 0) is 37.1 Å². The fourth-order valence-corrected chi connectivity index (χ4v) is 2.93. The quantitative estimate of drug-likeness (QED) is 0.789. The molecule has 0 amide bonds. The zero-order chi connectivity index (χ0) is 13.7. The van der Waals surface area contributed by atoms with E-state index in [1.165, 1.54) is 11.3 Å². The van der Waals surface area contributed by atoms with Gasteiger partial charge in [-0.15, -0.1) is 0 Å². The number of nitrogens with one attached hydrogen (secondary N) is 1. The summed E-state index contributed by atoms with van der Waals surface area (Å²) in [7, 11) is 0. The lowest BCUT2D eigenvalue weighted by molar-refractivity contribution is 0.238. The van der Waals surface area contributed by atoms with Crippen LogP contribution >= 0.6 is 15.9 Å². The normalized spacial score (nSPS) is 19.1. The maximum absolute atomic E-state index is 9.28. The summed E-state index contributed by atoms with van der Waals surface area (Å²) in [6.45, 7) is 6.46.